The van der Waals surface area contributed by atoms with Gasteiger partial charge in [-0.3, -0.25) is 9.78 Å². The van der Waals surface area contributed by atoms with E-state index in [0.29, 0.717) is 17.7 Å². The number of thioether (sulfide) groups is 1. The molecule has 6 nitrogen and oxygen atoms in total. The minimum Gasteiger partial charge on any atom is -0.381 e. The van der Waals surface area contributed by atoms with Crippen LogP contribution in [0.15, 0.2) is 18.6 Å². The molecule has 0 N–H and O–H groups in total. The fourth-order valence-electron chi connectivity index (χ4n) is 3.68. The van der Waals surface area contributed by atoms with Crippen molar-refractivity contribution >= 4 is 17.7 Å². The first-order valence-electron chi connectivity index (χ1n) is 8.63. The van der Waals surface area contributed by atoms with Crippen molar-refractivity contribution in [3.63, 3.8) is 0 Å². The summed E-state index contributed by atoms with van der Waals surface area (Å²) in [7, 11) is 0. The van der Waals surface area contributed by atoms with E-state index in [0.717, 1.165) is 57.9 Å². The predicted molar refractivity (Wildman–Crippen MR) is 91.0 cm³/mol. The fraction of sp³-hybridized carbons (Fsp3) is 0.706. The van der Waals surface area contributed by atoms with E-state index in [2.05, 4.69) is 9.97 Å². The average Bonchev–Trinajstić information content (AvgIpc) is 3.04. The van der Waals surface area contributed by atoms with Crippen molar-refractivity contribution in [1.29, 1.82) is 0 Å². The lowest BCUT2D eigenvalue weighted by Gasteiger charge is -2.47. The molecule has 3 fully saturated rings. The number of nitrogens with zero attached hydrogens (tertiary/aromatic N) is 3. The second kappa shape index (κ2) is 6.98. The molecule has 7 heteroatoms. The smallest absolute Gasteiger partial charge is 0.274 e. The number of aromatic nitrogens is 2. The highest BCUT2D eigenvalue weighted by atomic mass is 32.2. The summed E-state index contributed by atoms with van der Waals surface area (Å²) in [4.78, 5) is 22.3. The van der Waals surface area contributed by atoms with Gasteiger partial charge >= 0.3 is 0 Å². The lowest BCUT2D eigenvalue weighted by atomic mass is 9.92. The molecule has 4 heterocycles. The quantitative estimate of drug-likeness (QED) is 0.823. The highest BCUT2D eigenvalue weighted by Crippen LogP contribution is 2.46. The number of likely N-dealkylation sites (tertiary alicyclic amines) is 1. The van der Waals surface area contributed by atoms with Crippen LogP contribution in [0.2, 0.25) is 0 Å². The summed E-state index contributed by atoms with van der Waals surface area (Å²) in [5.74, 6) is 1.67. The van der Waals surface area contributed by atoms with Crippen molar-refractivity contribution in [3.8, 4) is 0 Å². The second-order valence-corrected chi connectivity index (χ2v) is 8.45. The molecule has 0 bridgehead atoms. The molecule has 1 amide bonds. The lowest BCUT2D eigenvalue weighted by Crippen LogP contribution is -2.60. The van der Waals surface area contributed by atoms with Crippen molar-refractivity contribution in [1.82, 2.24) is 14.9 Å². The summed E-state index contributed by atoms with van der Waals surface area (Å²) in [6.45, 7) is 4.19. The van der Waals surface area contributed by atoms with Crippen molar-refractivity contribution in [2.45, 2.75) is 30.1 Å². The molecule has 0 radical (unpaired) electrons. The molecule has 0 aliphatic carbocycles. The Morgan fingerprint density at radius 3 is 2.96 bits per heavy atom. The summed E-state index contributed by atoms with van der Waals surface area (Å²) in [6, 6.07) is 0. The summed E-state index contributed by atoms with van der Waals surface area (Å²) < 4.78 is 11.7. The van der Waals surface area contributed by atoms with E-state index in [-0.39, 0.29) is 10.7 Å². The summed E-state index contributed by atoms with van der Waals surface area (Å²) in [5.41, 5.74) is 0.433. The third kappa shape index (κ3) is 3.43. The molecule has 0 unspecified atom stereocenters. The van der Waals surface area contributed by atoms with Gasteiger partial charge in [0.15, 0.2) is 0 Å². The highest BCUT2D eigenvalue weighted by molar-refractivity contribution is 8.01. The first kappa shape index (κ1) is 16.3. The van der Waals surface area contributed by atoms with E-state index in [1.807, 2.05) is 16.7 Å². The van der Waals surface area contributed by atoms with E-state index in [1.165, 1.54) is 6.20 Å². The van der Waals surface area contributed by atoms with Gasteiger partial charge in [-0.25, -0.2) is 4.98 Å². The number of carbonyl (C=O) groups is 1. The van der Waals surface area contributed by atoms with E-state index < -0.39 is 0 Å². The van der Waals surface area contributed by atoms with E-state index in [9.17, 15) is 4.79 Å². The van der Waals surface area contributed by atoms with E-state index in [4.69, 9.17) is 9.47 Å². The maximum absolute atomic E-state index is 12.4. The molecule has 1 spiro atoms. The number of amides is 1. The third-order valence-corrected chi connectivity index (χ3v) is 6.69. The van der Waals surface area contributed by atoms with Crippen LogP contribution in [0.5, 0.6) is 0 Å². The lowest BCUT2D eigenvalue weighted by molar-refractivity contribution is -0.0119. The standard InChI is InChI=1S/C17H23N3O3S/c21-16(15-8-18-3-4-19-15)20-11-17(12-20)7-14(10-24-17)23-9-13-1-5-22-6-2-13/h3-4,8,13-14H,1-2,5-7,9-12H2/t14-/m1/s1. The van der Waals surface area contributed by atoms with Crippen molar-refractivity contribution in [3.05, 3.63) is 24.3 Å². The SMILES string of the molecule is O=C(c1cnccn1)N1CC2(C[C@@H](OCC3CCOCC3)CS2)C1. The van der Waals surface area contributed by atoms with Crippen molar-refractivity contribution < 1.29 is 14.3 Å². The molecule has 1 aromatic rings. The van der Waals surface area contributed by atoms with Crippen LogP contribution in [-0.2, 0) is 9.47 Å². The van der Waals surface area contributed by atoms with Gasteiger partial charge in [-0.2, -0.15) is 0 Å². The normalized spacial score (nSPS) is 26.5. The van der Waals surface area contributed by atoms with Crippen LogP contribution in [0.4, 0.5) is 0 Å². The topological polar surface area (TPSA) is 64.6 Å². The number of ether oxygens (including phenoxy) is 2. The Morgan fingerprint density at radius 2 is 2.21 bits per heavy atom. The molecule has 1 aromatic heterocycles. The first-order valence-corrected chi connectivity index (χ1v) is 9.61. The maximum atomic E-state index is 12.4. The Kier molecular flexibility index (Phi) is 4.74. The third-order valence-electron chi connectivity index (χ3n) is 5.11. The summed E-state index contributed by atoms with van der Waals surface area (Å²) >= 11 is 1.96. The predicted octanol–water partition coefficient (Wildman–Crippen LogP) is 1.62. The van der Waals surface area contributed by atoms with Crippen molar-refractivity contribution in [2.24, 2.45) is 5.92 Å². The first-order chi connectivity index (χ1) is 11.7. The monoisotopic (exact) mass is 349 g/mol. The van der Waals surface area contributed by atoms with Crippen LogP contribution in [0.25, 0.3) is 0 Å². The Labute approximate surface area is 146 Å². The maximum Gasteiger partial charge on any atom is 0.274 e. The van der Waals surface area contributed by atoms with Crippen LogP contribution in [0.1, 0.15) is 29.8 Å². The van der Waals surface area contributed by atoms with Gasteiger partial charge in [-0.15, -0.1) is 11.8 Å². The average molecular weight is 349 g/mol. The molecule has 3 saturated heterocycles. The van der Waals surface area contributed by atoms with Crippen LogP contribution >= 0.6 is 11.8 Å². The van der Waals surface area contributed by atoms with Crippen molar-refractivity contribution in [2.75, 3.05) is 38.7 Å². The van der Waals surface area contributed by atoms with Gasteiger partial charge in [-0.05, 0) is 25.2 Å². The van der Waals surface area contributed by atoms with E-state index in [1.54, 1.807) is 12.4 Å². The number of carbonyl (C=O) groups excluding carboxylic acids is 1. The van der Waals surface area contributed by atoms with Crippen LogP contribution < -0.4 is 0 Å². The molecule has 3 aliphatic rings. The highest BCUT2D eigenvalue weighted by Gasteiger charge is 2.51. The van der Waals surface area contributed by atoms with Gasteiger partial charge in [0.05, 0.1) is 17.0 Å². The largest absolute Gasteiger partial charge is 0.381 e. The molecule has 4 rings (SSSR count). The molecule has 24 heavy (non-hydrogen) atoms. The van der Waals surface area contributed by atoms with Gasteiger partial charge in [0, 0.05) is 51.1 Å². The fourth-order valence-corrected chi connectivity index (χ4v) is 5.23. The zero-order chi connectivity index (χ0) is 16.4. The Hall–Kier alpha value is -1.18. The van der Waals surface area contributed by atoms with Gasteiger partial charge in [0.2, 0.25) is 0 Å². The van der Waals surface area contributed by atoms with Gasteiger partial charge in [0.1, 0.15) is 5.69 Å². The summed E-state index contributed by atoms with van der Waals surface area (Å²) in [5, 5.41) is 0. The number of hydrogen-bond donors (Lipinski definition) is 0. The van der Waals surface area contributed by atoms with Crippen LogP contribution in [0, 0.1) is 5.92 Å². The second-order valence-electron chi connectivity index (χ2n) is 6.96. The molecular weight excluding hydrogens is 326 g/mol. The Morgan fingerprint density at radius 1 is 1.38 bits per heavy atom. The zero-order valence-corrected chi connectivity index (χ0v) is 14.5. The molecular formula is C17H23N3O3S. The molecule has 0 aromatic carbocycles. The molecule has 3 aliphatic heterocycles. The van der Waals surface area contributed by atoms with Gasteiger partial charge in [0.25, 0.3) is 5.91 Å². The minimum atomic E-state index is -0.0131. The minimum absolute atomic E-state index is 0.0131. The number of rotatable bonds is 4. The zero-order valence-electron chi connectivity index (χ0n) is 13.7. The summed E-state index contributed by atoms with van der Waals surface area (Å²) in [6.07, 6.45) is 8.29. The van der Waals surface area contributed by atoms with Crippen LogP contribution in [0.3, 0.4) is 0 Å². The Balaban J connectivity index is 1.23. The molecule has 1 atom stereocenters. The number of hydrogen-bond acceptors (Lipinski definition) is 6. The van der Waals surface area contributed by atoms with Gasteiger partial charge < -0.3 is 14.4 Å². The van der Waals surface area contributed by atoms with E-state index >= 15 is 0 Å². The van der Waals surface area contributed by atoms with Crippen LogP contribution in [-0.4, -0.2) is 70.3 Å². The molecule has 130 valence electrons. The Bertz CT molecular complexity index is 574. The van der Waals surface area contributed by atoms with Gasteiger partial charge in [-0.1, -0.05) is 0 Å². The molecule has 0 saturated carbocycles.